The van der Waals surface area contributed by atoms with E-state index >= 15 is 0 Å². The van der Waals surface area contributed by atoms with Crippen molar-refractivity contribution >= 4 is 17.5 Å². The van der Waals surface area contributed by atoms with Crippen molar-refractivity contribution in [2.24, 2.45) is 0 Å². The predicted octanol–water partition coefficient (Wildman–Crippen LogP) is 4.17. The van der Waals surface area contributed by atoms with Crippen molar-refractivity contribution < 1.29 is 22.8 Å². The highest BCUT2D eigenvalue weighted by Gasteiger charge is 2.56. The van der Waals surface area contributed by atoms with E-state index in [1.807, 2.05) is 53.8 Å². The fourth-order valence-electron chi connectivity index (χ4n) is 5.27. The predicted molar refractivity (Wildman–Crippen MR) is 132 cm³/mol. The molecule has 0 bridgehead atoms. The second-order valence-electron chi connectivity index (χ2n) is 10.3. The summed E-state index contributed by atoms with van der Waals surface area (Å²) < 4.78 is 37.7. The average Bonchev–Trinajstić information content (AvgIpc) is 3.12. The molecule has 2 aliphatic heterocycles. The van der Waals surface area contributed by atoms with Crippen LogP contribution in [0.4, 0.5) is 18.9 Å². The number of halogens is 3. The molecule has 36 heavy (non-hydrogen) atoms. The molecule has 2 fully saturated rings. The first-order chi connectivity index (χ1) is 17.0. The Morgan fingerprint density at radius 1 is 0.972 bits per heavy atom. The highest BCUT2D eigenvalue weighted by molar-refractivity contribution is 5.94. The maximum absolute atomic E-state index is 14.0. The van der Waals surface area contributed by atoms with Gasteiger partial charge in [0.15, 0.2) is 0 Å². The minimum Gasteiger partial charge on any atom is -0.347 e. The Labute approximate surface area is 210 Å². The van der Waals surface area contributed by atoms with Crippen LogP contribution in [-0.4, -0.2) is 65.2 Å². The van der Waals surface area contributed by atoms with E-state index in [2.05, 4.69) is 21.9 Å². The SMILES string of the molecule is CC(C)(CC(=O)NCC(F)(F)F)N1CN(c2ccccc2)C2(CCN(Cc3ccccc3)CC2)C1=O. The third-order valence-corrected chi connectivity index (χ3v) is 7.25. The van der Waals surface area contributed by atoms with Crippen LogP contribution >= 0.6 is 0 Å². The number of benzene rings is 2. The second-order valence-corrected chi connectivity index (χ2v) is 10.3. The van der Waals surface area contributed by atoms with Crippen molar-refractivity contribution in [2.75, 3.05) is 31.2 Å². The molecule has 2 aromatic carbocycles. The molecule has 1 N–H and O–H groups in total. The number of amides is 2. The van der Waals surface area contributed by atoms with E-state index < -0.39 is 29.7 Å². The first-order valence-electron chi connectivity index (χ1n) is 12.2. The molecule has 0 saturated carbocycles. The van der Waals surface area contributed by atoms with E-state index in [-0.39, 0.29) is 19.0 Å². The van der Waals surface area contributed by atoms with Gasteiger partial charge in [-0.15, -0.1) is 0 Å². The maximum Gasteiger partial charge on any atom is 0.405 e. The summed E-state index contributed by atoms with van der Waals surface area (Å²) in [5.74, 6) is -0.797. The minimum atomic E-state index is -4.48. The van der Waals surface area contributed by atoms with Crippen LogP contribution in [-0.2, 0) is 16.1 Å². The second kappa shape index (κ2) is 10.1. The molecule has 2 amide bonds. The molecule has 2 saturated heterocycles. The molecular weight excluding hydrogens is 469 g/mol. The maximum atomic E-state index is 14.0. The van der Waals surface area contributed by atoms with Gasteiger partial charge in [0, 0.05) is 37.3 Å². The number of piperidine rings is 1. The molecule has 0 aliphatic carbocycles. The van der Waals surface area contributed by atoms with Crippen LogP contribution in [0.3, 0.4) is 0 Å². The molecule has 0 aromatic heterocycles. The summed E-state index contributed by atoms with van der Waals surface area (Å²) in [5, 5.41) is 1.94. The molecule has 9 heteroatoms. The van der Waals surface area contributed by atoms with Gasteiger partial charge in [-0.1, -0.05) is 48.5 Å². The Kier molecular flexibility index (Phi) is 7.31. The van der Waals surface area contributed by atoms with E-state index in [0.29, 0.717) is 12.8 Å². The first kappa shape index (κ1) is 26.0. The van der Waals surface area contributed by atoms with Crippen molar-refractivity contribution in [3.63, 3.8) is 0 Å². The molecule has 0 atom stereocenters. The van der Waals surface area contributed by atoms with Crippen LogP contribution in [0.1, 0.15) is 38.7 Å². The summed E-state index contributed by atoms with van der Waals surface area (Å²) in [4.78, 5) is 32.5. The molecule has 194 valence electrons. The number of hydrogen-bond donors (Lipinski definition) is 1. The van der Waals surface area contributed by atoms with E-state index in [9.17, 15) is 22.8 Å². The van der Waals surface area contributed by atoms with E-state index in [1.54, 1.807) is 18.7 Å². The fraction of sp³-hybridized carbons (Fsp3) is 0.481. The smallest absolute Gasteiger partial charge is 0.347 e. The highest BCUT2D eigenvalue weighted by atomic mass is 19.4. The van der Waals surface area contributed by atoms with E-state index in [4.69, 9.17) is 0 Å². The van der Waals surface area contributed by atoms with Gasteiger partial charge >= 0.3 is 6.18 Å². The van der Waals surface area contributed by atoms with Crippen molar-refractivity contribution in [3.8, 4) is 0 Å². The summed E-state index contributed by atoms with van der Waals surface area (Å²) in [6, 6.07) is 19.9. The highest BCUT2D eigenvalue weighted by Crippen LogP contribution is 2.42. The van der Waals surface area contributed by atoms with Crippen LogP contribution < -0.4 is 10.2 Å². The zero-order chi connectivity index (χ0) is 26.0. The topological polar surface area (TPSA) is 55.9 Å². The van der Waals surface area contributed by atoms with Crippen LogP contribution in [0.25, 0.3) is 0 Å². The largest absolute Gasteiger partial charge is 0.405 e. The quantitative estimate of drug-likeness (QED) is 0.618. The van der Waals surface area contributed by atoms with Crippen molar-refractivity contribution in [2.45, 2.75) is 56.9 Å². The van der Waals surface area contributed by atoms with E-state index in [1.165, 1.54) is 5.56 Å². The van der Waals surface area contributed by atoms with Gasteiger partial charge < -0.3 is 15.1 Å². The molecule has 6 nitrogen and oxygen atoms in total. The molecule has 2 aliphatic rings. The van der Waals surface area contributed by atoms with Gasteiger partial charge in [0.1, 0.15) is 12.1 Å². The van der Waals surface area contributed by atoms with Crippen LogP contribution in [0, 0.1) is 0 Å². The molecule has 0 unspecified atom stereocenters. The lowest BCUT2D eigenvalue weighted by molar-refractivity contribution is -0.143. The van der Waals surface area contributed by atoms with Crippen molar-refractivity contribution in [1.82, 2.24) is 15.1 Å². The summed E-state index contributed by atoms with van der Waals surface area (Å²) >= 11 is 0. The van der Waals surface area contributed by atoms with Gasteiger partial charge in [-0.3, -0.25) is 14.5 Å². The van der Waals surface area contributed by atoms with Gasteiger partial charge in [0.25, 0.3) is 0 Å². The molecule has 2 heterocycles. The zero-order valence-corrected chi connectivity index (χ0v) is 20.7. The lowest BCUT2D eigenvalue weighted by atomic mass is 9.84. The average molecular weight is 503 g/mol. The normalized spacial score (nSPS) is 18.6. The Hall–Kier alpha value is -3.07. The third kappa shape index (κ3) is 5.67. The number of carbonyl (C=O) groups excluding carboxylic acids is 2. The summed E-state index contributed by atoms with van der Waals surface area (Å²) in [6.07, 6.45) is -3.44. The van der Waals surface area contributed by atoms with Gasteiger partial charge in [0.2, 0.25) is 11.8 Å². The zero-order valence-electron chi connectivity index (χ0n) is 20.7. The molecule has 2 aromatic rings. The lowest BCUT2D eigenvalue weighted by Gasteiger charge is -2.43. The number of alkyl halides is 3. The molecule has 1 spiro atoms. The summed E-state index contributed by atoms with van der Waals surface area (Å²) in [5.41, 5.74) is 0.430. The number of hydrogen-bond acceptors (Lipinski definition) is 4. The van der Waals surface area contributed by atoms with Crippen LogP contribution in [0.5, 0.6) is 0 Å². The Bertz CT molecular complexity index is 1050. The van der Waals surface area contributed by atoms with Crippen molar-refractivity contribution in [3.05, 3.63) is 66.2 Å². The monoisotopic (exact) mass is 502 g/mol. The minimum absolute atomic E-state index is 0.0701. The summed E-state index contributed by atoms with van der Waals surface area (Å²) in [6.45, 7) is 4.67. The number of anilines is 1. The number of nitrogens with one attached hydrogen (secondary N) is 1. The number of para-hydroxylation sites is 1. The van der Waals surface area contributed by atoms with Gasteiger partial charge in [-0.2, -0.15) is 13.2 Å². The lowest BCUT2D eigenvalue weighted by Crippen LogP contribution is -2.57. The Morgan fingerprint density at radius 3 is 2.14 bits per heavy atom. The van der Waals surface area contributed by atoms with Crippen molar-refractivity contribution in [1.29, 1.82) is 0 Å². The molecular formula is C27H33F3N4O2. The molecule has 4 rings (SSSR count). The number of likely N-dealkylation sites (tertiary alicyclic amines) is 1. The number of rotatable bonds is 7. The van der Waals surface area contributed by atoms with Gasteiger partial charge in [0.05, 0.1) is 6.67 Å². The Balaban J connectivity index is 1.52. The Morgan fingerprint density at radius 2 is 1.56 bits per heavy atom. The van der Waals surface area contributed by atoms with E-state index in [0.717, 1.165) is 25.3 Å². The number of nitrogens with zero attached hydrogens (tertiary/aromatic N) is 3. The third-order valence-electron chi connectivity index (χ3n) is 7.25. The fourth-order valence-corrected chi connectivity index (χ4v) is 5.27. The standard InChI is InChI=1S/C27H33F3N4O2/c1-25(2,17-23(35)31-19-27(28,29)30)34-20-33(22-11-7-4-8-12-22)26(24(34)36)13-15-32(16-14-26)18-21-9-5-3-6-10-21/h3-12H,13-20H2,1-2H3,(H,31,35). The first-order valence-corrected chi connectivity index (χ1v) is 12.2. The number of carbonyl (C=O) groups is 2. The summed E-state index contributed by atoms with van der Waals surface area (Å²) in [7, 11) is 0. The molecule has 0 radical (unpaired) electrons. The van der Waals surface area contributed by atoms with Gasteiger partial charge in [-0.05, 0) is 44.4 Å². The van der Waals surface area contributed by atoms with Crippen LogP contribution in [0.2, 0.25) is 0 Å². The van der Waals surface area contributed by atoms with Crippen LogP contribution in [0.15, 0.2) is 60.7 Å². The van der Waals surface area contributed by atoms with Gasteiger partial charge in [-0.25, -0.2) is 0 Å².